The van der Waals surface area contributed by atoms with E-state index in [-0.39, 0.29) is 11.7 Å². The summed E-state index contributed by atoms with van der Waals surface area (Å²) in [7, 11) is 0. The fourth-order valence-electron chi connectivity index (χ4n) is 4.54. The Kier molecular flexibility index (Phi) is 9.08. The number of rotatable bonds is 9. The van der Waals surface area contributed by atoms with Crippen molar-refractivity contribution in [3.63, 3.8) is 0 Å². The van der Waals surface area contributed by atoms with Crippen molar-refractivity contribution in [3.8, 4) is 0 Å². The maximum absolute atomic E-state index is 13.2. The molecule has 0 spiro atoms. The Labute approximate surface area is 231 Å². The van der Waals surface area contributed by atoms with Gasteiger partial charge in [0, 0.05) is 68.0 Å². The van der Waals surface area contributed by atoms with Crippen LogP contribution in [-0.2, 0) is 11.3 Å². The number of ether oxygens (including phenoxy) is 1. The third-order valence-corrected chi connectivity index (χ3v) is 9.05. The number of benzene rings is 2. The van der Waals surface area contributed by atoms with Crippen molar-refractivity contribution in [1.82, 2.24) is 9.80 Å². The van der Waals surface area contributed by atoms with Gasteiger partial charge in [0.25, 0.3) is 5.91 Å². The second-order valence-corrected chi connectivity index (χ2v) is 11.4. The van der Waals surface area contributed by atoms with E-state index in [9.17, 15) is 9.18 Å². The lowest BCUT2D eigenvalue weighted by Crippen LogP contribution is -2.45. The van der Waals surface area contributed by atoms with Crippen LogP contribution in [0.15, 0.2) is 64.5 Å². The molecule has 10 heteroatoms. The molecule has 200 valence electrons. The van der Waals surface area contributed by atoms with Gasteiger partial charge in [0.2, 0.25) is 0 Å². The third kappa shape index (κ3) is 7.00. The van der Waals surface area contributed by atoms with Gasteiger partial charge in [0.1, 0.15) is 10.8 Å². The molecule has 0 atom stereocenters. The Bertz CT molecular complexity index is 1220. The molecule has 2 fully saturated rings. The second kappa shape index (κ2) is 12.9. The van der Waals surface area contributed by atoms with Crippen LogP contribution >= 0.6 is 23.1 Å². The molecule has 38 heavy (non-hydrogen) atoms. The Hall–Kier alpha value is -2.76. The zero-order valence-corrected chi connectivity index (χ0v) is 22.9. The van der Waals surface area contributed by atoms with Crippen molar-refractivity contribution in [1.29, 1.82) is 0 Å². The standard InChI is InChI=1S/C28H32FN5O2S2/c1-30-28-26(37-20-33-14-16-36-17-15-33)18-25(38-28)27(35)31-23-6-2-21(3-7-23)19-32-10-12-34(13-11-32)24-8-4-22(29)5-9-24/h2-9,18H,1,10-17,19-20H2,(H,31,35). The predicted octanol–water partition coefficient (Wildman–Crippen LogP) is 5.18. The number of halogens is 1. The van der Waals surface area contributed by atoms with Gasteiger partial charge in [-0.05, 0) is 54.7 Å². The highest BCUT2D eigenvalue weighted by Gasteiger charge is 2.19. The first-order valence-corrected chi connectivity index (χ1v) is 14.5. The van der Waals surface area contributed by atoms with E-state index in [2.05, 4.69) is 43.9 Å². The van der Waals surface area contributed by atoms with Crippen molar-refractivity contribution in [2.75, 3.05) is 68.6 Å². The summed E-state index contributed by atoms with van der Waals surface area (Å²) in [5, 5.41) is 3.79. The molecule has 2 aromatic carbocycles. The van der Waals surface area contributed by atoms with Gasteiger partial charge >= 0.3 is 0 Å². The maximum Gasteiger partial charge on any atom is 0.265 e. The Morgan fingerprint density at radius 1 is 1.00 bits per heavy atom. The van der Waals surface area contributed by atoms with Crippen molar-refractivity contribution in [3.05, 3.63) is 70.9 Å². The first kappa shape index (κ1) is 26.8. The monoisotopic (exact) mass is 553 g/mol. The van der Waals surface area contributed by atoms with E-state index in [1.807, 2.05) is 30.3 Å². The SMILES string of the molecule is C=Nc1sc(C(=O)Nc2ccc(CN3CCN(c4ccc(F)cc4)CC3)cc2)cc1SCN1CCOCC1. The van der Waals surface area contributed by atoms with Crippen LogP contribution in [0.3, 0.4) is 0 Å². The predicted molar refractivity (Wildman–Crippen MR) is 155 cm³/mol. The fraction of sp³-hybridized carbons (Fsp3) is 0.357. The molecule has 0 bridgehead atoms. The number of piperazine rings is 1. The van der Waals surface area contributed by atoms with Crippen molar-refractivity contribution in [2.24, 2.45) is 4.99 Å². The highest BCUT2D eigenvalue weighted by Crippen LogP contribution is 2.38. The van der Waals surface area contributed by atoms with E-state index >= 15 is 0 Å². The number of hydrogen-bond donors (Lipinski definition) is 1. The summed E-state index contributed by atoms with van der Waals surface area (Å²) in [6.07, 6.45) is 0. The Morgan fingerprint density at radius 3 is 2.39 bits per heavy atom. The molecule has 0 aliphatic carbocycles. The molecule has 2 saturated heterocycles. The van der Waals surface area contributed by atoms with E-state index in [4.69, 9.17) is 4.74 Å². The van der Waals surface area contributed by atoms with Crippen LogP contribution in [0.25, 0.3) is 0 Å². The molecule has 2 aliphatic heterocycles. The number of amides is 1. The average Bonchev–Trinajstić information content (AvgIpc) is 3.38. The molecule has 1 amide bonds. The van der Waals surface area contributed by atoms with Crippen LogP contribution in [0, 0.1) is 5.82 Å². The van der Waals surface area contributed by atoms with Crippen LogP contribution in [0.4, 0.5) is 20.8 Å². The molecule has 0 radical (unpaired) electrons. The highest BCUT2D eigenvalue weighted by atomic mass is 32.2. The van der Waals surface area contributed by atoms with Crippen LogP contribution in [0.1, 0.15) is 15.2 Å². The van der Waals surface area contributed by atoms with Crippen LogP contribution in [0.2, 0.25) is 0 Å². The summed E-state index contributed by atoms with van der Waals surface area (Å²) in [6, 6.07) is 16.7. The molecule has 7 nitrogen and oxygen atoms in total. The quantitative estimate of drug-likeness (QED) is 0.291. The first-order valence-electron chi connectivity index (χ1n) is 12.7. The van der Waals surface area contributed by atoms with Gasteiger partial charge in [-0.2, -0.15) is 0 Å². The largest absolute Gasteiger partial charge is 0.379 e. The minimum absolute atomic E-state index is 0.136. The maximum atomic E-state index is 13.2. The smallest absolute Gasteiger partial charge is 0.265 e. The van der Waals surface area contributed by atoms with Crippen molar-refractivity contribution < 1.29 is 13.9 Å². The van der Waals surface area contributed by atoms with E-state index in [0.717, 1.165) is 86.2 Å². The highest BCUT2D eigenvalue weighted by molar-refractivity contribution is 7.99. The third-order valence-electron chi connectivity index (χ3n) is 6.74. The summed E-state index contributed by atoms with van der Waals surface area (Å²) in [6.45, 7) is 11.6. The molecule has 2 aliphatic rings. The van der Waals surface area contributed by atoms with E-state index in [1.54, 1.807) is 11.8 Å². The number of morpholine rings is 1. The zero-order chi connectivity index (χ0) is 26.3. The normalized spacial score (nSPS) is 16.9. The Balaban J connectivity index is 1.11. The summed E-state index contributed by atoms with van der Waals surface area (Å²) >= 11 is 3.05. The van der Waals surface area contributed by atoms with Gasteiger partial charge in [-0.1, -0.05) is 12.1 Å². The van der Waals surface area contributed by atoms with Crippen molar-refractivity contribution in [2.45, 2.75) is 11.4 Å². The topological polar surface area (TPSA) is 60.4 Å². The second-order valence-electron chi connectivity index (χ2n) is 9.33. The number of thiophene rings is 1. The van der Waals surface area contributed by atoms with E-state index < -0.39 is 0 Å². The molecule has 1 N–H and O–H groups in total. The van der Waals surface area contributed by atoms with Gasteiger partial charge < -0.3 is 15.0 Å². The summed E-state index contributed by atoms with van der Waals surface area (Å²) < 4.78 is 18.6. The van der Waals surface area contributed by atoms with E-state index in [0.29, 0.717) is 4.88 Å². The molecule has 0 unspecified atom stereocenters. The van der Waals surface area contributed by atoms with Crippen LogP contribution < -0.4 is 10.2 Å². The van der Waals surface area contributed by atoms with E-state index in [1.165, 1.54) is 29.0 Å². The molecule has 0 saturated carbocycles. The lowest BCUT2D eigenvalue weighted by atomic mass is 10.1. The van der Waals surface area contributed by atoms with Crippen LogP contribution in [0.5, 0.6) is 0 Å². The number of carbonyl (C=O) groups excluding carboxylic acids is 1. The number of nitrogens with zero attached hydrogens (tertiary/aromatic N) is 4. The molecule has 5 rings (SSSR count). The minimum Gasteiger partial charge on any atom is -0.379 e. The van der Waals surface area contributed by atoms with Gasteiger partial charge in [0.05, 0.1) is 18.1 Å². The zero-order valence-electron chi connectivity index (χ0n) is 21.3. The molecule has 3 aromatic rings. The summed E-state index contributed by atoms with van der Waals surface area (Å²) in [5.41, 5.74) is 3.04. The van der Waals surface area contributed by atoms with Gasteiger partial charge in [-0.15, -0.1) is 23.1 Å². The lowest BCUT2D eigenvalue weighted by Gasteiger charge is -2.36. The lowest BCUT2D eigenvalue weighted by molar-refractivity contribution is 0.0474. The number of hydrogen-bond acceptors (Lipinski definition) is 8. The molecule has 1 aromatic heterocycles. The molecular formula is C28H32FN5O2S2. The molecular weight excluding hydrogens is 521 g/mol. The number of thioether (sulfide) groups is 1. The number of anilines is 2. The first-order chi connectivity index (χ1) is 18.6. The van der Waals surface area contributed by atoms with Gasteiger partial charge in [-0.3, -0.25) is 19.6 Å². The number of nitrogens with one attached hydrogen (secondary N) is 1. The number of carbonyl (C=O) groups is 1. The molecule has 3 heterocycles. The van der Waals surface area contributed by atoms with Gasteiger partial charge in [-0.25, -0.2) is 4.39 Å². The number of aliphatic imine (C=N–C) groups is 1. The average molecular weight is 554 g/mol. The van der Waals surface area contributed by atoms with Gasteiger partial charge in [0.15, 0.2) is 0 Å². The summed E-state index contributed by atoms with van der Waals surface area (Å²) in [4.78, 5) is 25.7. The summed E-state index contributed by atoms with van der Waals surface area (Å²) in [5.74, 6) is 0.499. The van der Waals surface area contributed by atoms with Crippen LogP contribution in [-0.4, -0.2) is 80.8 Å². The fourth-order valence-corrected chi connectivity index (χ4v) is 6.64. The Morgan fingerprint density at radius 2 is 1.71 bits per heavy atom. The van der Waals surface area contributed by atoms with Crippen molar-refractivity contribution >= 4 is 52.1 Å². The minimum atomic E-state index is -0.204.